The summed E-state index contributed by atoms with van der Waals surface area (Å²) >= 11 is 0. The van der Waals surface area contributed by atoms with Crippen LogP contribution in [0.15, 0.2) is 18.2 Å². The standard InChI is InChI=1S/C17H23N3O3/c21-20(22)15-12-13(5-8-16(15)23-14-6-7-14)19-11-2-1-4-17(19)18-9-3-10-18/h5,8,12,14,17H,1-4,6-7,9-11H2. The van der Waals surface area contributed by atoms with Crippen molar-refractivity contribution in [3.63, 3.8) is 0 Å². The van der Waals surface area contributed by atoms with Crippen LogP contribution in [-0.2, 0) is 0 Å². The first-order valence-electron chi connectivity index (χ1n) is 8.68. The predicted molar refractivity (Wildman–Crippen MR) is 87.9 cm³/mol. The predicted octanol–water partition coefficient (Wildman–Crippen LogP) is 3.16. The summed E-state index contributed by atoms with van der Waals surface area (Å²) in [6.07, 6.45) is 7.37. The van der Waals surface area contributed by atoms with Gasteiger partial charge < -0.3 is 9.64 Å². The number of benzene rings is 1. The third-order valence-corrected chi connectivity index (χ3v) is 5.07. The second-order valence-corrected chi connectivity index (χ2v) is 6.79. The minimum atomic E-state index is -0.316. The number of nitro groups is 1. The van der Waals surface area contributed by atoms with E-state index in [0.717, 1.165) is 51.0 Å². The van der Waals surface area contributed by atoms with Crippen molar-refractivity contribution >= 4 is 11.4 Å². The van der Waals surface area contributed by atoms with E-state index < -0.39 is 0 Å². The zero-order valence-corrected chi connectivity index (χ0v) is 13.3. The first kappa shape index (κ1) is 14.8. The second-order valence-electron chi connectivity index (χ2n) is 6.79. The Morgan fingerprint density at radius 1 is 1.09 bits per heavy atom. The molecule has 1 unspecified atom stereocenters. The monoisotopic (exact) mass is 317 g/mol. The maximum absolute atomic E-state index is 11.4. The molecule has 6 nitrogen and oxygen atoms in total. The molecule has 23 heavy (non-hydrogen) atoms. The second kappa shape index (κ2) is 6.00. The molecule has 1 aromatic rings. The third-order valence-electron chi connectivity index (χ3n) is 5.07. The molecule has 4 rings (SSSR count). The zero-order valence-electron chi connectivity index (χ0n) is 13.3. The van der Waals surface area contributed by atoms with Gasteiger partial charge in [-0.05, 0) is 50.7 Å². The summed E-state index contributed by atoms with van der Waals surface area (Å²) in [6, 6.07) is 5.48. The van der Waals surface area contributed by atoms with Crippen molar-refractivity contribution in [1.82, 2.24) is 4.90 Å². The highest BCUT2D eigenvalue weighted by atomic mass is 16.6. The van der Waals surface area contributed by atoms with E-state index in [9.17, 15) is 10.1 Å². The first-order chi connectivity index (χ1) is 11.2. The minimum Gasteiger partial charge on any atom is -0.483 e. The van der Waals surface area contributed by atoms with Gasteiger partial charge in [0.1, 0.15) is 0 Å². The molecule has 1 atom stereocenters. The number of piperidine rings is 1. The summed E-state index contributed by atoms with van der Waals surface area (Å²) in [5, 5.41) is 11.4. The Hall–Kier alpha value is -1.82. The van der Waals surface area contributed by atoms with Gasteiger partial charge in [0.2, 0.25) is 0 Å². The van der Waals surface area contributed by atoms with Gasteiger partial charge >= 0.3 is 5.69 Å². The topological polar surface area (TPSA) is 58.9 Å². The Balaban J connectivity index is 1.61. The number of hydrogen-bond acceptors (Lipinski definition) is 5. The molecule has 0 radical (unpaired) electrons. The van der Waals surface area contributed by atoms with Crippen molar-refractivity contribution in [2.75, 3.05) is 24.5 Å². The maximum atomic E-state index is 11.4. The van der Waals surface area contributed by atoms with E-state index in [1.54, 1.807) is 12.1 Å². The highest BCUT2D eigenvalue weighted by Gasteiger charge is 2.33. The van der Waals surface area contributed by atoms with E-state index in [1.165, 1.54) is 12.8 Å². The molecular formula is C17H23N3O3. The number of nitrogens with zero attached hydrogens (tertiary/aromatic N) is 3. The van der Waals surface area contributed by atoms with Crippen molar-refractivity contribution in [3.8, 4) is 5.75 Å². The van der Waals surface area contributed by atoms with Crippen LogP contribution in [0.25, 0.3) is 0 Å². The molecule has 2 heterocycles. The van der Waals surface area contributed by atoms with Gasteiger partial charge in [0, 0.05) is 31.4 Å². The van der Waals surface area contributed by atoms with Crippen molar-refractivity contribution in [3.05, 3.63) is 28.3 Å². The Labute approximate surface area is 136 Å². The van der Waals surface area contributed by atoms with E-state index in [0.29, 0.717) is 11.9 Å². The van der Waals surface area contributed by atoms with Crippen molar-refractivity contribution in [2.24, 2.45) is 0 Å². The molecular weight excluding hydrogens is 294 g/mol. The fourth-order valence-electron chi connectivity index (χ4n) is 3.53. The van der Waals surface area contributed by atoms with Crippen LogP contribution in [0.1, 0.15) is 38.5 Å². The first-order valence-corrected chi connectivity index (χ1v) is 8.68. The van der Waals surface area contributed by atoms with E-state index in [1.807, 2.05) is 6.07 Å². The lowest BCUT2D eigenvalue weighted by molar-refractivity contribution is -0.385. The number of likely N-dealkylation sites (tertiary alicyclic amines) is 1. The molecule has 0 spiro atoms. The van der Waals surface area contributed by atoms with Crippen LogP contribution in [0.3, 0.4) is 0 Å². The van der Waals surface area contributed by atoms with Crippen LogP contribution in [0.2, 0.25) is 0 Å². The van der Waals surface area contributed by atoms with Crippen molar-refractivity contribution < 1.29 is 9.66 Å². The lowest BCUT2D eigenvalue weighted by atomic mass is 10.0. The Kier molecular flexibility index (Phi) is 3.85. The SMILES string of the molecule is O=[N+]([O-])c1cc(N2CCCCC2N2CCC2)ccc1OC1CC1. The van der Waals surface area contributed by atoms with E-state index in [-0.39, 0.29) is 16.7 Å². The molecule has 124 valence electrons. The Morgan fingerprint density at radius 3 is 2.57 bits per heavy atom. The fraction of sp³-hybridized carbons (Fsp3) is 0.647. The molecule has 0 aromatic heterocycles. The van der Waals surface area contributed by atoms with Gasteiger partial charge in [-0.25, -0.2) is 0 Å². The number of anilines is 1. The van der Waals surface area contributed by atoms with Gasteiger partial charge in [0.05, 0.1) is 17.2 Å². The fourth-order valence-corrected chi connectivity index (χ4v) is 3.53. The van der Waals surface area contributed by atoms with Gasteiger partial charge in [-0.15, -0.1) is 0 Å². The lowest BCUT2D eigenvalue weighted by Gasteiger charge is -2.47. The third kappa shape index (κ3) is 3.00. The molecule has 1 aromatic carbocycles. The van der Waals surface area contributed by atoms with Gasteiger partial charge in [-0.2, -0.15) is 0 Å². The Morgan fingerprint density at radius 2 is 1.91 bits per heavy atom. The Bertz CT molecular complexity index is 599. The molecule has 0 bridgehead atoms. The molecule has 0 N–H and O–H groups in total. The van der Waals surface area contributed by atoms with Gasteiger partial charge in [-0.1, -0.05) is 0 Å². The van der Waals surface area contributed by atoms with Crippen molar-refractivity contribution in [2.45, 2.75) is 50.8 Å². The number of ether oxygens (including phenoxy) is 1. The van der Waals surface area contributed by atoms with Crippen LogP contribution >= 0.6 is 0 Å². The number of hydrogen-bond donors (Lipinski definition) is 0. The summed E-state index contributed by atoms with van der Waals surface area (Å²) in [5.74, 6) is 0.416. The molecule has 2 saturated heterocycles. The van der Waals surface area contributed by atoms with Crippen LogP contribution in [0.5, 0.6) is 5.75 Å². The molecule has 2 aliphatic heterocycles. The molecule has 1 aliphatic carbocycles. The van der Waals surface area contributed by atoms with Gasteiger partial charge in [0.15, 0.2) is 5.75 Å². The smallest absolute Gasteiger partial charge is 0.312 e. The normalized spacial score (nSPS) is 25.0. The molecule has 3 aliphatic rings. The largest absolute Gasteiger partial charge is 0.483 e. The summed E-state index contributed by atoms with van der Waals surface area (Å²) in [7, 11) is 0. The molecule has 6 heteroatoms. The zero-order chi connectivity index (χ0) is 15.8. The van der Waals surface area contributed by atoms with E-state index in [2.05, 4.69) is 9.80 Å². The summed E-state index contributed by atoms with van der Waals surface area (Å²) in [4.78, 5) is 16.0. The highest BCUT2D eigenvalue weighted by molar-refractivity contribution is 5.60. The van der Waals surface area contributed by atoms with Gasteiger partial charge in [-0.3, -0.25) is 15.0 Å². The van der Waals surface area contributed by atoms with Crippen LogP contribution in [0.4, 0.5) is 11.4 Å². The number of rotatable bonds is 5. The highest BCUT2D eigenvalue weighted by Crippen LogP contribution is 2.38. The van der Waals surface area contributed by atoms with Gasteiger partial charge in [0.25, 0.3) is 0 Å². The molecule has 1 saturated carbocycles. The lowest BCUT2D eigenvalue weighted by Crippen LogP contribution is -2.56. The molecule has 0 amide bonds. The van der Waals surface area contributed by atoms with E-state index >= 15 is 0 Å². The molecule has 3 fully saturated rings. The average Bonchev–Trinajstić information content (AvgIpc) is 3.30. The van der Waals surface area contributed by atoms with E-state index in [4.69, 9.17) is 4.74 Å². The average molecular weight is 317 g/mol. The van der Waals surface area contributed by atoms with Crippen LogP contribution < -0.4 is 9.64 Å². The van der Waals surface area contributed by atoms with Crippen LogP contribution in [0, 0.1) is 10.1 Å². The summed E-state index contributed by atoms with van der Waals surface area (Å²) in [5.41, 5.74) is 1.05. The quantitative estimate of drug-likeness (QED) is 0.617. The van der Waals surface area contributed by atoms with Crippen molar-refractivity contribution in [1.29, 1.82) is 0 Å². The number of nitro benzene ring substituents is 1. The maximum Gasteiger partial charge on any atom is 0.312 e. The van der Waals surface area contributed by atoms with Crippen LogP contribution in [-0.4, -0.2) is 41.7 Å². The summed E-state index contributed by atoms with van der Waals surface area (Å²) in [6.45, 7) is 3.26. The minimum absolute atomic E-state index is 0.0994. The summed E-state index contributed by atoms with van der Waals surface area (Å²) < 4.78 is 5.70.